The number of nitrogens with zero attached hydrogens (tertiary/aromatic N) is 4. The van der Waals surface area contributed by atoms with Crippen molar-refractivity contribution in [2.24, 2.45) is 0 Å². The van der Waals surface area contributed by atoms with Crippen LogP contribution >= 0.6 is 11.3 Å². The van der Waals surface area contributed by atoms with Gasteiger partial charge in [0, 0.05) is 43.4 Å². The first-order valence-electron chi connectivity index (χ1n) is 9.20. The number of ether oxygens (including phenoxy) is 1. The summed E-state index contributed by atoms with van der Waals surface area (Å²) in [5.41, 5.74) is 1.17. The first-order valence-corrected chi connectivity index (χ1v) is 10.1. The Morgan fingerprint density at radius 3 is 2.55 bits per heavy atom. The van der Waals surface area contributed by atoms with Crippen LogP contribution in [0, 0.1) is 11.3 Å². The Balaban J connectivity index is 1.32. The third kappa shape index (κ3) is 4.47. The van der Waals surface area contributed by atoms with E-state index in [0.29, 0.717) is 35.8 Å². The summed E-state index contributed by atoms with van der Waals surface area (Å²) in [5, 5.41) is 15.0. The van der Waals surface area contributed by atoms with Gasteiger partial charge in [-0.2, -0.15) is 5.26 Å². The van der Waals surface area contributed by atoms with E-state index in [4.69, 9.17) is 10.00 Å². The van der Waals surface area contributed by atoms with Crippen LogP contribution in [0.4, 0.5) is 15.6 Å². The molecule has 0 spiro atoms. The van der Waals surface area contributed by atoms with E-state index >= 15 is 0 Å². The second kappa shape index (κ2) is 8.63. The van der Waals surface area contributed by atoms with E-state index in [1.54, 1.807) is 64.9 Å². The van der Waals surface area contributed by atoms with Crippen molar-refractivity contribution in [2.75, 3.05) is 36.4 Å². The van der Waals surface area contributed by atoms with Crippen LogP contribution in [0.25, 0.3) is 0 Å². The fourth-order valence-corrected chi connectivity index (χ4v) is 3.75. The van der Waals surface area contributed by atoms with Crippen LogP contribution in [0.3, 0.4) is 0 Å². The molecule has 1 N–H and O–H groups in total. The maximum absolute atomic E-state index is 12.5. The molecule has 146 valence electrons. The van der Waals surface area contributed by atoms with Crippen molar-refractivity contribution in [2.45, 2.75) is 0 Å². The van der Waals surface area contributed by atoms with E-state index in [1.165, 1.54) is 0 Å². The number of benzene rings is 2. The summed E-state index contributed by atoms with van der Waals surface area (Å²) in [7, 11) is 0. The molecule has 1 saturated heterocycles. The molecular formula is C21H19N5O2S. The number of aromatic nitrogens is 1. The number of carbonyl (C=O) groups is 1. The fraction of sp³-hybridized carbons (Fsp3) is 0.190. The van der Waals surface area contributed by atoms with Crippen LogP contribution in [-0.2, 0) is 0 Å². The third-order valence-corrected chi connectivity index (χ3v) is 5.43. The summed E-state index contributed by atoms with van der Waals surface area (Å²) < 4.78 is 5.77. The summed E-state index contributed by atoms with van der Waals surface area (Å²) in [6.07, 6.45) is 1.80. The van der Waals surface area contributed by atoms with Crippen molar-refractivity contribution in [3.05, 3.63) is 65.7 Å². The first kappa shape index (κ1) is 18.8. The van der Waals surface area contributed by atoms with Crippen molar-refractivity contribution in [3.8, 4) is 17.6 Å². The number of hydrogen-bond donors (Lipinski definition) is 1. The molecule has 1 fully saturated rings. The van der Waals surface area contributed by atoms with Gasteiger partial charge in [-0.15, -0.1) is 11.3 Å². The maximum atomic E-state index is 12.5. The van der Waals surface area contributed by atoms with Gasteiger partial charge in [-0.3, -0.25) is 0 Å². The van der Waals surface area contributed by atoms with E-state index in [1.807, 2.05) is 11.4 Å². The van der Waals surface area contributed by atoms with E-state index in [2.05, 4.69) is 21.3 Å². The molecule has 1 aliphatic rings. The highest BCUT2D eigenvalue weighted by molar-refractivity contribution is 7.13. The maximum Gasteiger partial charge on any atom is 0.321 e. The summed E-state index contributed by atoms with van der Waals surface area (Å²) in [6.45, 7) is 2.84. The number of piperazine rings is 1. The van der Waals surface area contributed by atoms with Gasteiger partial charge in [0.15, 0.2) is 5.13 Å². The van der Waals surface area contributed by atoms with Gasteiger partial charge in [0.2, 0.25) is 0 Å². The van der Waals surface area contributed by atoms with Crippen molar-refractivity contribution >= 4 is 28.2 Å². The highest BCUT2D eigenvalue weighted by atomic mass is 32.1. The topological polar surface area (TPSA) is 81.5 Å². The fourth-order valence-electron chi connectivity index (χ4n) is 3.06. The molecule has 0 radical (unpaired) electrons. The standard InChI is InChI=1S/C21H19N5O2S/c22-15-16-3-1-2-4-19(16)28-18-7-5-17(6-8-18)24-20(27)25-10-12-26(13-11-25)21-23-9-14-29-21/h1-9,14H,10-13H2,(H,24,27). The zero-order valence-electron chi connectivity index (χ0n) is 15.6. The van der Waals surface area contributed by atoms with Gasteiger partial charge in [-0.25, -0.2) is 9.78 Å². The molecule has 7 nitrogen and oxygen atoms in total. The monoisotopic (exact) mass is 405 g/mol. The zero-order chi connectivity index (χ0) is 20.1. The summed E-state index contributed by atoms with van der Waals surface area (Å²) in [4.78, 5) is 20.9. The zero-order valence-corrected chi connectivity index (χ0v) is 16.4. The van der Waals surface area contributed by atoms with Gasteiger partial charge in [0.25, 0.3) is 0 Å². The highest BCUT2D eigenvalue weighted by Crippen LogP contribution is 2.26. The van der Waals surface area contributed by atoms with Crippen molar-refractivity contribution < 1.29 is 9.53 Å². The minimum atomic E-state index is -0.118. The van der Waals surface area contributed by atoms with Crippen LogP contribution in [0.1, 0.15) is 5.56 Å². The van der Waals surface area contributed by atoms with Gasteiger partial charge in [0.1, 0.15) is 17.6 Å². The molecule has 3 aromatic rings. The number of amides is 2. The highest BCUT2D eigenvalue weighted by Gasteiger charge is 2.22. The van der Waals surface area contributed by atoms with Crippen LogP contribution in [0.15, 0.2) is 60.1 Å². The number of hydrogen-bond acceptors (Lipinski definition) is 6. The Morgan fingerprint density at radius 1 is 1.10 bits per heavy atom. The number of nitrogens with one attached hydrogen (secondary N) is 1. The Kier molecular flexibility index (Phi) is 5.59. The van der Waals surface area contributed by atoms with Crippen LogP contribution < -0.4 is 15.0 Å². The normalized spacial score (nSPS) is 13.6. The molecule has 8 heteroatoms. The predicted molar refractivity (Wildman–Crippen MR) is 113 cm³/mol. The lowest BCUT2D eigenvalue weighted by Gasteiger charge is -2.34. The van der Waals surface area contributed by atoms with Gasteiger partial charge < -0.3 is 19.9 Å². The molecule has 4 rings (SSSR count). The lowest BCUT2D eigenvalue weighted by molar-refractivity contribution is 0.208. The molecule has 0 aliphatic carbocycles. The van der Waals surface area contributed by atoms with Crippen LogP contribution in [0.5, 0.6) is 11.5 Å². The molecule has 2 amide bonds. The van der Waals surface area contributed by atoms with E-state index in [0.717, 1.165) is 18.2 Å². The summed E-state index contributed by atoms with van der Waals surface area (Å²) in [6, 6.07) is 16.2. The number of urea groups is 1. The average Bonchev–Trinajstić information content (AvgIpc) is 3.30. The SMILES string of the molecule is N#Cc1ccccc1Oc1ccc(NC(=O)N2CCN(c3nccs3)CC2)cc1. The number of anilines is 2. The number of rotatable bonds is 4. The molecule has 0 unspecified atom stereocenters. The molecule has 0 bridgehead atoms. The Hall–Kier alpha value is -3.57. The van der Waals surface area contributed by atoms with Gasteiger partial charge in [-0.1, -0.05) is 12.1 Å². The number of nitriles is 1. The first-order chi connectivity index (χ1) is 14.2. The summed E-state index contributed by atoms with van der Waals surface area (Å²) >= 11 is 1.61. The molecular weight excluding hydrogens is 386 g/mol. The van der Waals surface area contributed by atoms with Gasteiger partial charge in [-0.05, 0) is 36.4 Å². The van der Waals surface area contributed by atoms with Crippen LogP contribution in [0.2, 0.25) is 0 Å². The van der Waals surface area contributed by atoms with Crippen molar-refractivity contribution in [3.63, 3.8) is 0 Å². The van der Waals surface area contributed by atoms with Crippen molar-refractivity contribution in [1.29, 1.82) is 5.26 Å². The van der Waals surface area contributed by atoms with E-state index in [9.17, 15) is 4.79 Å². The molecule has 2 aromatic carbocycles. The summed E-state index contributed by atoms with van der Waals surface area (Å²) in [5.74, 6) is 1.10. The van der Waals surface area contributed by atoms with Gasteiger partial charge in [0.05, 0.1) is 5.56 Å². The molecule has 2 heterocycles. The van der Waals surface area contributed by atoms with E-state index in [-0.39, 0.29) is 6.03 Å². The van der Waals surface area contributed by atoms with Gasteiger partial charge >= 0.3 is 6.03 Å². The lowest BCUT2D eigenvalue weighted by atomic mass is 10.2. The smallest absolute Gasteiger partial charge is 0.321 e. The number of para-hydroxylation sites is 1. The molecule has 1 aromatic heterocycles. The van der Waals surface area contributed by atoms with E-state index < -0.39 is 0 Å². The molecule has 0 saturated carbocycles. The minimum absolute atomic E-state index is 0.118. The largest absolute Gasteiger partial charge is 0.456 e. The number of thiazole rings is 1. The number of carbonyl (C=O) groups excluding carboxylic acids is 1. The molecule has 0 atom stereocenters. The third-order valence-electron chi connectivity index (χ3n) is 4.60. The second-order valence-electron chi connectivity index (χ2n) is 6.45. The second-order valence-corrected chi connectivity index (χ2v) is 7.33. The Bertz CT molecular complexity index is 1010. The quantitative estimate of drug-likeness (QED) is 0.705. The average molecular weight is 405 g/mol. The molecule has 1 aliphatic heterocycles. The predicted octanol–water partition coefficient (Wildman–Crippen LogP) is 4.16. The molecule has 29 heavy (non-hydrogen) atoms. The van der Waals surface area contributed by atoms with Crippen LogP contribution in [-0.4, -0.2) is 42.1 Å². The lowest BCUT2D eigenvalue weighted by Crippen LogP contribution is -2.50. The Morgan fingerprint density at radius 2 is 1.86 bits per heavy atom. The minimum Gasteiger partial charge on any atom is -0.456 e. The van der Waals surface area contributed by atoms with Crippen molar-refractivity contribution in [1.82, 2.24) is 9.88 Å². The Labute approximate surface area is 172 Å².